The third kappa shape index (κ3) is 7.05. The lowest BCUT2D eigenvalue weighted by Gasteiger charge is -2.26. The molecule has 7 heteroatoms. The average Bonchev–Trinajstić information content (AvgIpc) is 2.64. The molecule has 0 saturated carbocycles. The van der Waals surface area contributed by atoms with Crippen molar-refractivity contribution >= 4 is 11.9 Å². The van der Waals surface area contributed by atoms with Crippen LogP contribution in [-0.2, 0) is 9.53 Å². The molecule has 1 amide bonds. The van der Waals surface area contributed by atoms with Crippen LogP contribution in [0.15, 0.2) is 4.99 Å². The number of nitrogens with zero attached hydrogens (tertiary/aromatic N) is 3. The first kappa shape index (κ1) is 19.0. The lowest BCUT2D eigenvalue weighted by atomic mass is 10.1. The largest absolute Gasteiger partial charge is 0.379 e. The zero-order valence-corrected chi connectivity index (χ0v) is 15.1. The molecule has 0 unspecified atom stereocenters. The van der Waals surface area contributed by atoms with Gasteiger partial charge < -0.3 is 20.3 Å². The molecule has 2 rings (SSSR count). The van der Waals surface area contributed by atoms with E-state index in [-0.39, 0.29) is 12.5 Å². The van der Waals surface area contributed by atoms with Crippen molar-refractivity contribution in [3.63, 3.8) is 0 Å². The van der Waals surface area contributed by atoms with Gasteiger partial charge in [0.1, 0.15) is 6.54 Å². The second-order valence-corrected chi connectivity index (χ2v) is 6.37. The van der Waals surface area contributed by atoms with E-state index < -0.39 is 0 Å². The van der Waals surface area contributed by atoms with Crippen molar-refractivity contribution in [2.24, 2.45) is 4.99 Å². The van der Waals surface area contributed by atoms with Crippen LogP contribution in [0.5, 0.6) is 0 Å². The number of nitrogens with one attached hydrogen (secondary N) is 2. The van der Waals surface area contributed by atoms with Gasteiger partial charge in [0.2, 0.25) is 5.91 Å². The minimum Gasteiger partial charge on any atom is -0.379 e. The fourth-order valence-corrected chi connectivity index (χ4v) is 3.07. The zero-order valence-electron chi connectivity index (χ0n) is 15.1. The molecule has 2 aliphatic heterocycles. The first-order valence-corrected chi connectivity index (χ1v) is 9.39. The van der Waals surface area contributed by atoms with Gasteiger partial charge in [0, 0.05) is 39.3 Å². The van der Waals surface area contributed by atoms with E-state index in [9.17, 15) is 4.79 Å². The van der Waals surface area contributed by atoms with Crippen molar-refractivity contribution in [3.8, 4) is 0 Å². The second-order valence-electron chi connectivity index (χ2n) is 6.37. The van der Waals surface area contributed by atoms with Crippen LogP contribution >= 0.6 is 0 Å². The fourth-order valence-electron chi connectivity index (χ4n) is 3.07. The molecule has 0 aliphatic carbocycles. The third-order valence-corrected chi connectivity index (χ3v) is 4.47. The van der Waals surface area contributed by atoms with Gasteiger partial charge in [-0.05, 0) is 39.2 Å². The molecule has 0 aromatic rings. The molecule has 2 fully saturated rings. The first-order chi connectivity index (χ1) is 11.8. The predicted molar refractivity (Wildman–Crippen MR) is 96.3 cm³/mol. The standard InChI is InChI=1S/C17H33N5O2/c1-2-18-17(19-7-6-8-21-11-13-24-14-12-21)20-15-16(23)22-9-4-3-5-10-22/h2-15H2,1H3,(H2,18,19,20). The minimum atomic E-state index is 0.139. The molecule has 0 spiro atoms. The maximum atomic E-state index is 12.2. The number of ether oxygens (including phenoxy) is 1. The highest BCUT2D eigenvalue weighted by molar-refractivity contribution is 5.84. The molecule has 0 bridgehead atoms. The van der Waals surface area contributed by atoms with Gasteiger partial charge in [-0.15, -0.1) is 0 Å². The van der Waals surface area contributed by atoms with Crippen LogP contribution in [0.3, 0.4) is 0 Å². The van der Waals surface area contributed by atoms with E-state index >= 15 is 0 Å². The Morgan fingerprint density at radius 3 is 2.54 bits per heavy atom. The number of amides is 1. The first-order valence-electron chi connectivity index (χ1n) is 9.39. The highest BCUT2D eigenvalue weighted by Crippen LogP contribution is 2.08. The number of morpholine rings is 1. The van der Waals surface area contributed by atoms with Crippen LogP contribution in [0.25, 0.3) is 0 Å². The molecule has 2 saturated heterocycles. The second kappa shape index (κ2) is 11.3. The van der Waals surface area contributed by atoms with Crippen LogP contribution in [0, 0.1) is 0 Å². The summed E-state index contributed by atoms with van der Waals surface area (Å²) in [4.78, 5) is 21.0. The van der Waals surface area contributed by atoms with Crippen molar-refractivity contribution in [1.29, 1.82) is 0 Å². The topological polar surface area (TPSA) is 69.2 Å². The Kier molecular flexibility index (Phi) is 8.91. The predicted octanol–water partition coefficient (Wildman–Crippen LogP) is 0.276. The summed E-state index contributed by atoms with van der Waals surface area (Å²) < 4.78 is 5.36. The Labute approximate surface area is 145 Å². The Balaban J connectivity index is 1.66. The van der Waals surface area contributed by atoms with E-state index in [0.29, 0.717) is 0 Å². The molecule has 138 valence electrons. The Morgan fingerprint density at radius 1 is 1.08 bits per heavy atom. The normalized spacial score (nSPS) is 20.0. The maximum Gasteiger partial charge on any atom is 0.244 e. The molecule has 0 aromatic heterocycles. The number of hydrogen-bond donors (Lipinski definition) is 2. The Morgan fingerprint density at radius 2 is 1.83 bits per heavy atom. The summed E-state index contributed by atoms with van der Waals surface area (Å²) >= 11 is 0. The molecular formula is C17H33N5O2. The van der Waals surface area contributed by atoms with Crippen LogP contribution in [-0.4, -0.2) is 87.2 Å². The van der Waals surface area contributed by atoms with Gasteiger partial charge in [0.05, 0.1) is 13.2 Å². The summed E-state index contributed by atoms with van der Waals surface area (Å²) in [7, 11) is 0. The number of carbonyl (C=O) groups excluding carboxylic acids is 1. The number of carbonyl (C=O) groups is 1. The maximum absolute atomic E-state index is 12.2. The Hall–Kier alpha value is -1.34. The monoisotopic (exact) mass is 339 g/mol. The van der Waals surface area contributed by atoms with E-state index in [1.807, 2.05) is 11.8 Å². The molecular weight excluding hydrogens is 306 g/mol. The van der Waals surface area contributed by atoms with E-state index in [0.717, 1.165) is 84.2 Å². The van der Waals surface area contributed by atoms with Crippen molar-refractivity contribution in [2.75, 3.05) is 65.6 Å². The van der Waals surface area contributed by atoms with Crippen molar-refractivity contribution in [1.82, 2.24) is 20.4 Å². The van der Waals surface area contributed by atoms with Gasteiger partial charge in [0.25, 0.3) is 0 Å². The van der Waals surface area contributed by atoms with Gasteiger partial charge >= 0.3 is 0 Å². The van der Waals surface area contributed by atoms with Gasteiger partial charge in [-0.2, -0.15) is 0 Å². The molecule has 0 aromatic carbocycles. The summed E-state index contributed by atoms with van der Waals surface area (Å²) in [6, 6.07) is 0. The molecule has 2 heterocycles. The van der Waals surface area contributed by atoms with Gasteiger partial charge in [-0.3, -0.25) is 9.69 Å². The zero-order chi connectivity index (χ0) is 17.0. The van der Waals surface area contributed by atoms with Gasteiger partial charge in [-0.25, -0.2) is 4.99 Å². The quantitative estimate of drug-likeness (QED) is 0.396. The van der Waals surface area contributed by atoms with E-state index in [1.165, 1.54) is 6.42 Å². The van der Waals surface area contributed by atoms with Crippen LogP contribution in [0.4, 0.5) is 0 Å². The molecule has 7 nitrogen and oxygen atoms in total. The lowest BCUT2D eigenvalue weighted by molar-refractivity contribution is -0.130. The summed E-state index contributed by atoms with van der Waals surface area (Å²) in [6.45, 7) is 10.5. The highest BCUT2D eigenvalue weighted by atomic mass is 16.5. The number of hydrogen-bond acceptors (Lipinski definition) is 4. The smallest absolute Gasteiger partial charge is 0.244 e. The lowest BCUT2D eigenvalue weighted by Crippen LogP contribution is -2.42. The van der Waals surface area contributed by atoms with Gasteiger partial charge in [-0.1, -0.05) is 0 Å². The van der Waals surface area contributed by atoms with Crippen LogP contribution < -0.4 is 10.6 Å². The molecule has 0 atom stereocenters. The van der Waals surface area contributed by atoms with Gasteiger partial charge in [0.15, 0.2) is 5.96 Å². The SMILES string of the molecule is CCNC(=NCC(=O)N1CCCCC1)NCCCN1CCOCC1. The summed E-state index contributed by atoms with van der Waals surface area (Å²) in [5.74, 6) is 0.880. The van der Waals surface area contributed by atoms with Crippen molar-refractivity contribution in [3.05, 3.63) is 0 Å². The van der Waals surface area contributed by atoms with Crippen LogP contribution in [0.1, 0.15) is 32.6 Å². The minimum absolute atomic E-state index is 0.139. The number of piperidine rings is 1. The number of rotatable bonds is 7. The summed E-state index contributed by atoms with van der Waals surface area (Å²) in [5, 5.41) is 6.54. The van der Waals surface area contributed by atoms with Crippen LogP contribution in [0.2, 0.25) is 0 Å². The summed E-state index contributed by atoms with van der Waals surface area (Å²) in [5.41, 5.74) is 0. The highest BCUT2D eigenvalue weighted by Gasteiger charge is 2.16. The average molecular weight is 339 g/mol. The summed E-state index contributed by atoms with van der Waals surface area (Å²) in [6.07, 6.45) is 4.54. The van der Waals surface area contributed by atoms with Crippen molar-refractivity contribution in [2.45, 2.75) is 32.6 Å². The molecule has 2 aliphatic rings. The van der Waals surface area contributed by atoms with E-state index in [1.54, 1.807) is 0 Å². The number of aliphatic imine (C=N–C) groups is 1. The Bertz CT molecular complexity index is 390. The van der Waals surface area contributed by atoms with E-state index in [2.05, 4.69) is 20.5 Å². The van der Waals surface area contributed by atoms with E-state index in [4.69, 9.17) is 4.74 Å². The number of guanidine groups is 1. The molecule has 0 radical (unpaired) electrons. The number of likely N-dealkylation sites (tertiary alicyclic amines) is 1. The van der Waals surface area contributed by atoms with Crippen molar-refractivity contribution < 1.29 is 9.53 Å². The molecule has 2 N–H and O–H groups in total. The third-order valence-electron chi connectivity index (χ3n) is 4.47. The molecule has 24 heavy (non-hydrogen) atoms. The fraction of sp³-hybridized carbons (Fsp3) is 0.882.